The van der Waals surface area contributed by atoms with E-state index in [-0.39, 0.29) is 6.61 Å². The van der Waals surface area contributed by atoms with Gasteiger partial charge in [0.05, 0.1) is 0 Å². The average molecular weight is 615 g/mol. The zero-order valence-electron chi connectivity index (χ0n) is 22.3. The zero-order chi connectivity index (χ0) is 26.7. The molecule has 8 nitrogen and oxygen atoms in total. The molecule has 0 fully saturated rings. The van der Waals surface area contributed by atoms with Gasteiger partial charge in [-0.1, -0.05) is 0 Å². The van der Waals surface area contributed by atoms with E-state index in [0.717, 1.165) is 88.5 Å². The summed E-state index contributed by atoms with van der Waals surface area (Å²) in [5, 5.41) is 0. The van der Waals surface area contributed by atoms with Crippen LogP contribution < -0.4 is 0 Å². The minimum absolute atomic E-state index is 0.179. The fraction of sp³-hybridized carbons (Fsp3) is 0.704. The third kappa shape index (κ3) is 15.3. The van der Waals surface area contributed by atoms with Crippen molar-refractivity contribution >= 4 is 43.1 Å². The van der Waals surface area contributed by atoms with Crippen molar-refractivity contribution in [2.75, 3.05) is 6.61 Å². The summed E-state index contributed by atoms with van der Waals surface area (Å²) in [6.45, 7) is 5.70. The van der Waals surface area contributed by atoms with E-state index in [1.165, 1.54) is 12.8 Å². The fourth-order valence-electron chi connectivity index (χ4n) is 3.93. The van der Waals surface area contributed by atoms with Gasteiger partial charge in [-0.05, 0) is 0 Å². The number of cyclic esters (lactones) is 2. The van der Waals surface area contributed by atoms with E-state index in [0.29, 0.717) is 8.87 Å². The molecule has 204 valence electrons. The Hall–Kier alpha value is -1.84. The Bertz CT molecular complexity index is 730. The van der Waals surface area contributed by atoms with Gasteiger partial charge in [-0.3, -0.25) is 0 Å². The molecule has 0 saturated carbocycles. The van der Waals surface area contributed by atoms with Gasteiger partial charge < -0.3 is 0 Å². The van der Waals surface area contributed by atoms with Crippen LogP contribution in [0.25, 0.3) is 0 Å². The van der Waals surface area contributed by atoms with Crippen LogP contribution >= 0.6 is 0 Å². The molecule has 0 bridgehead atoms. The Balaban J connectivity index is 3.07. The summed E-state index contributed by atoms with van der Waals surface area (Å²) < 4.78 is 23.0. The molecule has 0 aliphatic carbocycles. The van der Waals surface area contributed by atoms with Crippen LogP contribution in [0.1, 0.15) is 97.8 Å². The molecule has 1 aliphatic heterocycles. The van der Waals surface area contributed by atoms with Crippen molar-refractivity contribution in [1.82, 2.24) is 0 Å². The summed E-state index contributed by atoms with van der Waals surface area (Å²) in [5.74, 6) is -2.89. The molecule has 1 heterocycles. The van der Waals surface area contributed by atoms with Crippen LogP contribution in [0, 0.1) is 0 Å². The van der Waals surface area contributed by atoms with E-state index in [4.69, 9.17) is 15.6 Å². The number of carbonyl (C=O) groups excluding carboxylic acids is 4. The first-order valence-corrected chi connectivity index (χ1v) is 19.9. The third-order valence-corrected chi connectivity index (χ3v) is 15.5. The van der Waals surface area contributed by atoms with Crippen LogP contribution in [0.15, 0.2) is 24.3 Å². The maximum absolute atomic E-state index is 12.7. The van der Waals surface area contributed by atoms with Gasteiger partial charge in [0.1, 0.15) is 0 Å². The van der Waals surface area contributed by atoms with Gasteiger partial charge in [0.15, 0.2) is 0 Å². The average Bonchev–Trinajstić information content (AvgIpc) is 2.84. The topological polar surface area (TPSA) is 105 Å². The number of rotatable bonds is 14. The van der Waals surface area contributed by atoms with Crippen LogP contribution in [0.2, 0.25) is 8.87 Å². The number of carbonyl (C=O) groups is 4. The second-order valence-corrected chi connectivity index (χ2v) is 18.6. The number of hydrogen-bond acceptors (Lipinski definition) is 8. The summed E-state index contributed by atoms with van der Waals surface area (Å²) in [6.07, 6.45) is 15.9. The second-order valence-electron chi connectivity index (χ2n) is 9.33. The number of esters is 2. The van der Waals surface area contributed by atoms with Crippen molar-refractivity contribution in [2.45, 2.75) is 113 Å². The van der Waals surface area contributed by atoms with Gasteiger partial charge in [0.2, 0.25) is 0 Å². The van der Waals surface area contributed by atoms with Crippen molar-refractivity contribution in [2.24, 2.45) is 0 Å². The summed E-state index contributed by atoms with van der Waals surface area (Å²) in [4.78, 5) is 49.4. The van der Waals surface area contributed by atoms with Crippen LogP contribution in [0.4, 0.5) is 0 Å². The van der Waals surface area contributed by atoms with Crippen molar-refractivity contribution < 1.29 is 34.8 Å². The van der Waals surface area contributed by atoms with Crippen molar-refractivity contribution in [3.05, 3.63) is 24.3 Å². The SMILES string of the molecule is CCCCCCC[CH2][Sn]1([CH2]CCCCCCC)[O]C(=O)/C=C\C(=O)OCC(C)OC(=O)/C=C\C(=O)[O]1. The summed E-state index contributed by atoms with van der Waals surface area (Å²) in [6, 6.07) is 0. The first kappa shape index (κ1) is 32.2. The van der Waals surface area contributed by atoms with Gasteiger partial charge >= 0.3 is 222 Å². The minimum atomic E-state index is -4.27. The molecule has 1 unspecified atom stereocenters. The molecule has 0 aromatic carbocycles. The molecule has 36 heavy (non-hydrogen) atoms. The Morgan fingerprint density at radius 1 is 0.639 bits per heavy atom. The van der Waals surface area contributed by atoms with E-state index in [9.17, 15) is 19.2 Å². The molecule has 1 aliphatic rings. The van der Waals surface area contributed by atoms with Crippen LogP contribution in [0.5, 0.6) is 0 Å². The Kier molecular flexibility index (Phi) is 17.3. The van der Waals surface area contributed by atoms with Crippen LogP contribution in [-0.4, -0.2) is 55.8 Å². The molecule has 0 radical (unpaired) electrons. The maximum atomic E-state index is 12.7. The van der Waals surface area contributed by atoms with Crippen LogP contribution in [0.3, 0.4) is 0 Å². The van der Waals surface area contributed by atoms with Gasteiger partial charge in [-0.2, -0.15) is 0 Å². The van der Waals surface area contributed by atoms with E-state index < -0.39 is 49.2 Å². The molecule has 1 rings (SSSR count). The zero-order valence-corrected chi connectivity index (χ0v) is 25.1. The molecular formula is C27H44O8Sn. The van der Waals surface area contributed by atoms with Crippen molar-refractivity contribution in [1.29, 1.82) is 0 Å². The van der Waals surface area contributed by atoms with E-state index in [1.54, 1.807) is 6.92 Å². The molecule has 9 heteroatoms. The van der Waals surface area contributed by atoms with E-state index in [2.05, 4.69) is 13.8 Å². The molecular weight excluding hydrogens is 571 g/mol. The van der Waals surface area contributed by atoms with Crippen LogP contribution in [-0.2, 0) is 34.8 Å². The second kappa shape index (κ2) is 19.3. The Morgan fingerprint density at radius 2 is 1.06 bits per heavy atom. The number of ether oxygens (including phenoxy) is 2. The molecule has 0 aromatic heterocycles. The third-order valence-electron chi connectivity index (χ3n) is 5.88. The molecule has 0 N–H and O–H groups in total. The van der Waals surface area contributed by atoms with Gasteiger partial charge in [-0.15, -0.1) is 0 Å². The molecule has 1 atom stereocenters. The monoisotopic (exact) mass is 616 g/mol. The van der Waals surface area contributed by atoms with Gasteiger partial charge in [0.25, 0.3) is 0 Å². The van der Waals surface area contributed by atoms with Crippen molar-refractivity contribution in [3.63, 3.8) is 0 Å². The van der Waals surface area contributed by atoms with Gasteiger partial charge in [0, 0.05) is 0 Å². The molecule has 0 aromatic rings. The first-order chi connectivity index (χ1) is 17.3. The van der Waals surface area contributed by atoms with Crippen molar-refractivity contribution in [3.8, 4) is 0 Å². The molecule has 0 spiro atoms. The summed E-state index contributed by atoms with van der Waals surface area (Å²) >= 11 is -4.27. The van der Waals surface area contributed by atoms with E-state index >= 15 is 0 Å². The normalized spacial score (nSPS) is 20.8. The predicted octanol–water partition coefficient (Wildman–Crippen LogP) is 5.84. The van der Waals surface area contributed by atoms with E-state index in [1.807, 2.05) is 0 Å². The standard InChI is InChI=1S/C11H12O8.2C8H17.Sn/c1-7(19-11(17)5-3-9(14)15)6-18-10(16)4-2-8(12)13;2*1-3-5-7-8-6-4-2;/h2-5,7H,6H2,1H3,(H,12,13)(H,14,15);2*1,3-8H2,2H3;/q;;;+2/p-2/b4-2-,5-3-;;;. The van der Waals surface area contributed by atoms with Gasteiger partial charge in [-0.25, -0.2) is 0 Å². The summed E-state index contributed by atoms with van der Waals surface area (Å²) in [7, 11) is 0. The first-order valence-electron chi connectivity index (χ1n) is 13.5. The number of hydrogen-bond donors (Lipinski definition) is 0. The Labute approximate surface area is 221 Å². The quantitative estimate of drug-likeness (QED) is 0.137. The molecule has 0 saturated heterocycles. The predicted molar refractivity (Wildman–Crippen MR) is 139 cm³/mol. The summed E-state index contributed by atoms with van der Waals surface area (Å²) in [5.41, 5.74) is 0. The Morgan fingerprint density at radius 3 is 1.56 bits per heavy atom. The number of unbranched alkanes of at least 4 members (excludes halogenated alkanes) is 10. The molecule has 0 amide bonds. The fourth-order valence-corrected chi connectivity index (χ4v) is 12.9.